The minimum Gasteiger partial charge on any atom is -0.370 e. The van der Waals surface area contributed by atoms with Gasteiger partial charge >= 0.3 is 0 Å². The second-order valence-electron chi connectivity index (χ2n) is 6.90. The van der Waals surface area contributed by atoms with Gasteiger partial charge in [0.2, 0.25) is 5.91 Å². The summed E-state index contributed by atoms with van der Waals surface area (Å²) in [6.45, 7) is 9.13. The Bertz CT molecular complexity index is 300. The van der Waals surface area contributed by atoms with Crippen molar-refractivity contribution in [1.82, 2.24) is 4.90 Å². The molecule has 0 aromatic rings. The lowest BCUT2D eigenvalue weighted by Gasteiger charge is -2.39. The average Bonchev–Trinajstić information content (AvgIpc) is 2.31. The van der Waals surface area contributed by atoms with Crippen LogP contribution in [0.25, 0.3) is 0 Å². The predicted molar refractivity (Wildman–Crippen MR) is 64.9 cm³/mol. The molecule has 1 heterocycles. The van der Waals surface area contributed by atoms with E-state index >= 15 is 0 Å². The number of hydrogen-bond donors (Lipinski definition) is 1. The lowest BCUT2D eigenvalue weighted by molar-refractivity contribution is -0.118. The zero-order valence-corrected chi connectivity index (χ0v) is 10.8. The minimum atomic E-state index is -0.175. The Kier molecular flexibility index (Phi) is 2.77. The third kappa shape index (κ3) is 2.40. The molecule has 1 saturated heterocycles. The van der Waals surface area contributed by atoms with E-state index in [1.807, 2.05) is 0 Å². The summed E-state index contributed by atoms with van der Waals surface area (Å²) in [5.41, 5.74) is 6.15. The third-order valence-corrected chi connectivity index (χ3v) is 4.17. The maximum Gasteiger partial charge on any atom is 0.218 e. The normalized spacial score (nSPS) is 37.6. The zero-order chi connectivity index (χ0) is 12.0. The summed E-state index contributed by atoms with van der Waals surface area (Å²) in [5.74, 6) is -0.175. The van der Waals surface area contributed by atoms with Gasteiger partial charge < -0.3 is 5.73 Å². The maximum absolute atomic E-state index is 10.9. The number of fused-ring (bicyclic) bond motifs is 2. The molecule has 2 rings (SSSR count). The fraction of sp³-hybridized carbons (Fsp3) is 0.923. The van der Waals surface area contributed by atoms with Crippen molar-refractivity contribution in [3.05, 3.63) is 0 Å². The van der Waals surface area contributed by atoms with Crippen LogP contribution in [0.2, 0.25) is 0 Å². The van der Waals surface area contributed by atoms with Crippen molar-refractivity contribution in [3.8, 4) is 0 Å². The van der Waals surface area contributed by atoms with Crippen LogP contribution < -0.4 is 5.73 Å². The van der Waals surface area contributed by atoms with E-state index in [0.29, 0.717) is 23.3 Å². The molecule has 0 radical (unpaired) electrons. The Balaban J connectivity index is 2.02. The van der Waals surface area contributed by atoms with Gasteiger partial charge in [0.05, 0.1) is 0 Å². The van der Waals surface area contributed by atoms with Crippen molar-refractivity contribution in [3.63, 3.8) is 0 Å². The Morgan fingerprint density at radius 3 is 2.69 bits per heavy atom. The number of rotatable bonds is 3. The van der Waals surface area contributed by atoms with Crippen molar-refractivity contribution >= 4 is 5.91 Å². The van der Waals surface area contributed by atoms with Gasteiger partial charge in [-0.25, -0.2) is 0 Å². The van der Waals surface area contributed by atoms with E-state index in [4.69, 9.17) is 5.73 Å². The molecule has 0 spiro atoms. The molecule has 16 heavy (non-hydrogen) atoms. The summed E-state index contributed by atoms with van der Waals surface area (Å²) >= 11 is 0. The van der Waals surface area contributed by atoms with Crippen LogP contribution in [0.3, 0.4) is 0 Å². The Morgan fingerprint density at radius 2 is 2.06 bits per heavy atom. The van der Waals surface area contributed by atoms with Gasteiger partial charge in [-0.2, -0.15) is 0 Å². The van der Waals surface area contributed by atoms with Crippen LogP contribution in [0.5, 0.6) is 0 Å². The van der Waals surface area contributed by atoms with Crippen LogP contribution in [0, 0.1) is 10.8 Å². The van der Waals surface area contributed by atoms with Gasteiger partial charge in [-0.1, -0.05) is 20.8 Å². The van der Waals surface area contributed by atoms with E-state index in [9.17, 15) is 4.79 Å². The van der Waals surface area contributed by atoms with Crippen molar-refractivity contribution in [2.45, 2.75) is 52.5 Å². The molecular weight excluding hydrogens is 200 g/mol. The highest BCUT2D eigenvalue weighted by molar-refractivity contribution is 5.73. The van der Waals surface area contributed by atoms with E-state index in [0.717, 1.165) is 13.1 Å². The highest BCUT2D eigenvalue weighted by Crippen LogP contribution is 2.52. The Hall–Kier alpha value is -0.570. The van der Waals surface area contributed by atoms with E-state index in [-0.39, 0.29) is 5.91 Å². The lowest BCUT2D eigenvalue weighted by atomic mass is 9.65. The molecule has 0 unspecified atom stereocenters. The first-order valence-corrected chi connectivity index (χ1v) is 6.32. The standard InChI is InChI=1S/C13H24N2O/c1-12(2)6-10-7-13(3,8-12)9-15(10)5-4-11(14)16/h10H,4-9H2,1-3H3,(H2,14,16)/t10-,13+/m1/s1. The van der Waals surface area contributed by atoms with Gasteiger partial charge in [-0.3, -0.25) is 9.69 Å². The quantitative estimate of drug-likeness (QED) is 0.794. The Morgan fingerprint density at radius 1 is 1.38 bits per heavy atom. The topological polar surface area (TPSA) is 46.3 Å². The van der Waals surface area contributed by atoms with Crippen LogP contribution in [-0.2, 0) is 4.79 Å². The molecule has 2 atom stereocenters. The van der Waals surface area contributed by atoms with Crippen LogP contribution in [0.4, 0.5) is 0 Å². The van der Waals surface area contributed by atoms with Gasteiger partial charge in [0.15, 0.2) is 0 Å². The molecule has 92 valence electrons. The van der Waals surface area contributed by atoms with Gasteiger partial charge in [0.1, 0.15) is 0 Å². The molecular formula is C13H24N2O. The fourth-order valence-corrected chi connectivity index (χ4v) is 4.09. The number of amides is 1. The number of hydrogen-bond acceptors (Lipinski definition) is 2. The molecule has 2 fully saturated rings. The molecule has 1 amide bonds. The SMILES string of the molecule is CC1(C)C[C@@H]2C[C@](C)(CN2CCC(N)=O)C1. The molecule has 2 aliphatic rings. The monoisotopic (exact) mass is 224 g/mol. The zero-order valence-electron chi connectivity index (χ0n) is 10.8. The second kappa shape index (κ2) is 3.73. The highest BCUT2D eigenvalue weighted by atomic mass is 16.1. The molecule has 1 aliphatic carbocycles. The number of nitrogens with two attached hydrogens (primary N) is 1. The molecule has 0 aromatic heterocycles. The number of primary amides is 1. The van der Waals surface area contributed by atoms with E-state index in [1.165, 1.54) is 19.3 Å². The first-order chi connectivity index (χ1) is 7.30. The molecule has 0 aromatic carbocycles. The van der Waals surface area contributed by atoms with Gasteiger partial charge in [0, 0.05) is 25.6 Å². The van der Waals surface area contributed by atoms with Crippen LogP contribution in [0.1, 0.15) is 46.5 Å². The summed E-state index contributed by atoms with van der Waals surface area (Å²) in [6, 6.07) is 0.674. The van der Waals surface area contributed by atoms with Crippen LogP contribution in [0.15, 0.2) is 0 Å². The molecule has 1 aliphatic heterocycles. The molecule has 2 N–H and O–H groups in total. The lowest BCUT2D eigenvalue weighted by Crippen LogP contribution is -2.35. The Labute approximate surface area is 98.4 Å². The minimum absolute atomic E-state index is 0.175. The summed E-state index contributed by atoms with van der Waals surface area (Å²) in [5, 5.41) is 0. The van der Waals surface area contributed by atoms with E-state index in [2.05, 4.69) is 25.7 Å². The average molecular weight is 224 g/mol. The van der Waals surface area contributed by atoms with Crippen LogP contribution >= 0.6 is 0 Å². The number of carbonyl (C=O) groups is 1. The first-order valence-electron chi connectivity index (χ1n) is 6.32. The highest BCUT2D eigenvalue weighted by Gasteiger charge is 2.49. The molecule has 3 heteroatoms. The van der Waals surface area contributed by atoms with E-state index < -0.39 is 0 Å². The summed E-state index contributed by atoms with van der Waals surface area (Å²) in [7, 11) is 0. The molecule has 3 nitrogen and oxygen atoms in total. The van der Waals surface area contributed by atoms with Crippen molar-refractivity contribution < 1.29 is 4.79 Å². The summed E-state index contributed by atoms with van der Waals surface area (Å²) in [4.78, 5) is 13.3. The van der Waals surface area contributed by atoms with Gasteiger partial charge in [-0.05, 0) is 30.1 Å². The third-order valence-electron chi connectivity index (χ3n) is 4.17. The number of nitrogens with zero attached hydrogens (tertiary/aromatic N) is 1. The smallest absolute Gasteiger partial charge is 0.218 e. The van der Waals surface area contributed by atoms with Crippen molar-refractivity contribution in [2.24, 2.45) is 16.6 Å². The van der Waals surface area contributed by atoms with Gasteiger partial charge in [-0.15, -0.1) is 0 Å². The van der Waals surface area contributed by atoms with E-state index in [1.54, 1.807) is 0 Å². The predicted octanol–water partition coefficient (Wildman–Crippen LogP) is 1.76. The largest absolute Gasteiger partial charge is 0.370 e. The number of carbonyl (C=O) groups excluding carboxylic acids is 1. The van der Waals surface area contributed by atoms with Crippen molar-refractivity contribution in [1.29, 1.82) is 0 Å². The summed E-state index contributed by atoms with van der Waals surface area (Å²) in [6.07, 6.45) is 4.38. The number of likely N-dealkylation sites (tertiary alicyclic amines) is 1. The maximum atomic E-state index is 10.9. The van der Waals surface area contributed by atoms with Crippen molar-refractivity contribution in [2.75, 3.05) is 13.1 Å². The van der Waals surface area contributed by atoms with Crippen LogP contribution in [-0.4, -0.2) is 29.9 Å². The first kappa shape index (κ1) is 11.9. The summed E-state index contributed by atoms with van der Waals surface area (Å²) < 4.78 is 0. The fourth-order valence-electron chi connectivity index (χ4n) is 4.09. The molecule has 1 saturated carbocycles. The molecule has 2 bridgehead atoms. The second-order valence-corrected chi connectivity index (χ2v) is 6.90. The van der Waals surface area contributed by atoms with Gasteiger partial charge in [0.25, 0.3) is 0 Å².